The molecule has 0 bridgehead atoms. The number of aromatic nitrogens is 2. The number of hydrogen-bond acceptors (Lipinski definition) is 10. The molecule has 13 heteroatoms. The Labute approximate surface area is 326 Å². The van der Waals surface area contributed by atoms with Gasteiger partial charge in [0.05, 0.1) is 33.5 Å². The second-order valence-corrected chi connectivity index (χ2v) is 15.5. The molecule has 2 heterocycles. The van der Waals surface area contributed by atoms with E-state index in [4.69, 9.17) is 28.0 Å². The second-order valence-electron chi connectivity index (χ2n) is 14.1. The lowest BCUT2D eigenvalue weighted by Crippen LogP contribution is -2.39. The molecule has 1 N–H and O–H groups in total. The SMILES string of the molecule is CCCOP(O[C@H]1C[C@H](n2cc(C)c(NC(C)=O)nc2=O)O[C@@H]1COC(c1ccccc1)(c1ccc(OC)cc1)c1ccc(OC)cc1)N(C(C)C)C(C)C. The van der Waals surface area contributed by atoms with Crippen molar-refractivity contribution in [3.63, 3.8) is 0 Å². The number of hydrogen-bond donors (Lipinski definition) is 1. The predicted molar refractivity (Wildman–Crippen MR) is 214 cm³/mol. The van der Waals surface area contributed by atoms with Crippen LogP contribution in [0.5, 0.6) is 11.5 Å². The van der Waals surface area contributed by atoms with Gasteiger partial charge in [-0.25, -0.2) is 9.46 Å². The first-order chi connectivity index (χ1) is 26.4. The number of nitrogens with one attached hydrogen (secondary N) is 1. The maximum atomic E-state index is 13.5. The fourth-order valence-electron chi connectivity index (χ4n) is 6.89. The Morgan fingerprint density at radius 3 is 2.02 bits per heavy atom. The summed E-state index contributed by atoms with van der Waals surface area (Å²) in [7, 11) is 1.76. The standard InChI is InChI=1S/C42H55N4O8P/c1-10-24-52-55(46(28(2)3)29(4)5)54-37-25-39(45-26-30(6)40(43-31(7)47)44-41(45)48)53-38(37)27-51-42(32-14-12-11-13-15-32,33-16-20-35(49-8)21-17-33)34-18-22-36(50-9)23-19-34/h11-23,26,28-29,37-39H,10,24-25,27H2,1-9H3,(H,43,44,47,48)/t37-,38+,39+,55?/m0/s1. The number of rotatable bonds is 18. The van der Waals surface area contributed by atoms with E-state index in [2.05, 4.69) is 49.6 Å². The van der Waals surface area contributed by atoms with Crippen LogP contribution in [0.1, 0.15) is 82.9 Å². The molecule has 3 aromatic carbocycles. The monoisotopic (exact) mass is 774 g/mol. The number of methoxy groups -OCH3 is 2. The molecular weight excluding hydrogens is 719 g/mol. The number of benzene rings is 3. The summed E-state index contributed by atoms with van der Waals surface area (Å²) in [5, 5.41) is 2.64. The minimum atomic E-state index is -1.53. The van der Waals surface area contributed by atoms with Gasteiger partial charge in [-0.1, -0.05) is 61.5 Å². The highest BCUT2D eigenvalue weighted by atomic mass is 31.2. The third-order valence-electron chi connectivity index (χ3n) is 9.44. The molecule has 1 saturated heterocycles. The molecule has 0 radical (unpaired) electrons. The molecule has 5 rings (SSSR count). The molecule has 296 valence electrons. The van der Waals surface area contributed by atoms with Gasteiger partial charge in [0.1, 0.15) is 35.2 Å². The van der Waals surface area contributed by atoms with Crippen molar-refractivity contribution in [1.82, 2.24) is 14.2 Å². The van der Waals surface area contributed by atoms with Gasteiger partial charge in [-0.05, 0) is 82.0 Å². The van der Waals surface area contributed by atoms with E-state index >= 15 is 0 Å². The molecule has 1 aliphatic rings. The molecule has 4 atom stereocenters. The molecule has 4 aromatic rings. The van der Waals surface area contributed by atoms with Crippen LogP contribution in [0.4, 0.5) is 5.82 Å². The number of aryl methyl sites for hydroxylation is 1. The van der Waals surface area contributed by atoms with Gasteiger partial charge in [0.15, 0.2) is 0 Å². The van der Waals surface area contributed by atoms with Crippen molar-refractivity contribution in [2.24, 2.45) is 0 Å². The van der Waals surface area contributed by atoms with Crippen molar-refractivity contribution in [2.75, 3.05) is 32.8 Å². The molecule has 0 saturated carbocycles. The molecule has 1 fully saturated rings. The fourth-order valence-corrected chi connectivity index (χ4v) is 8.74. The number of nitrogens with zero attached hydrogens (tertiary/aromatic N) is 3. The summed E-state index contributed by atoms with van der Waals surface area (Å²) < 4.78 is 42.3. The first-order valence-electron chi connectivity index (χ1n) is 18.8. The number of carbonyl (C=O) groups excluding carboxylic acids is 1. The number of amides is 1. The van der Waals surface area contributed by atoms with Crippen molar-refractivity contribution < 1.29 is 32.8 Å². The van der Waals surface area contributed by atoms with Crippen molar-refractivity contribution in [3.8, 4) is 11.5 Å². The molecule has 12 nitrogen and oxygen atoms in total. The van der Waals surface area contributed by atoms with Gasteiger partial charge in [0, 0.05) is 37.2 Å². The van der Waals surface area contributed by atoms with E-state index in [1.165, 1.54) is 11.5 Å². The van der Waals surface area contributed by atoms with E-state index in [-0.39, 0.29) is 30.4 Å². The van der Waals surface area contributed by atoms with Crippen molar-refractivity contribution in [2.45, 2.75) is 97.4 Å². The quantitative estimate of drug-likeness (QED) is 0.0787. The zero-order valence-electron chi connectivity index (χ0n) is 33.4. The van der Waals surface area contributed by atoms with Crippen molar-refractivity contribution >= 4 is 20.3 Å². The first kappa shape index (κ1) is 42.0. The number of ether oxygens (including phenoxy) is 4. The van der Waals surface area contributed by atoms with Crippen LogP contribution in [0.2, 0.25) is 0 Å². The molecule has 1 unspecified atom stereocenters. The Balaban J connectivity index is 1.60. The topological polar surface area (TPSA) is 123 Å². The maximum absolute atomic E-state index is 13.5. The van der Waals surface area contributed by atoms with E-state index in [9.17, 15) is 9.59 Å². The lowest BCUT2D eigenvalue weighted by atomic mass is 9.80. The highest BCUT2D eigenvalue weighted by molar-refractivity contribution is 7.44. The Kier molecular flexibility index (Phi) is 14.6. The van der Waals surface area contributed by atoms with Crippen molar-refractivity contribution in [1.29, 1.82) is 0 Å². The summed E-state index contributed by atoms with van der Waals surface area (Å²) in [6.45, 7) is 14.4. The maximum Gasteiger partial charge on any atom is 0.351 e. The van der Waals surface area contributed by atoms with E-state index in [1.54, 1.807) is 27.3 Å². The van der Waals surface area contributed by atoms with Gasteiger partial charge >= 0.3 is 5.69 Å². The van der Waals surface area contributed by atoms with E-state index in [1.807, 2.05) is 78.9 Å². The van der Waals surface area contributed by atoms with Crippen molar-refractivity contribution in [3.05, 3.63) is 118 Å². The van der Waals surface area contributed by atoms with Crippen LogP contribution in [-0.4, -0.2) is 71.9 Å². The normalized spacial score (nSPS) is 17.9. The van der Waals surface area contributed by atoms with Gasteiger partial charge < -0.3 is 33.3 Å². The van der Waals surface area contributed by atoms with Crippen LogP contribution in [0.25, 0.3) is 0 Å². The molecule has 0 aliphatic carbocycles. The number of carbonyl (C=O) groups is 1. The zero-order chi connectivity index (χ0) is 39.7. The summed E-state index contributed by atoms with van der Waals surface area (Å²) in [5.74, 6) is 1.34. The lowest BCUT2D eigenvalue weighted by molar-refractivity contribution is -0.114. The minimum Gasteiger partial charge on any atom is -0.497 e. The van der Waals surface area contributed by atoms with E-state index in [0.29, 0.717) is 18.6 Å². The summed E-state index contributed by atoms with van der Waals surface area (Å²) in [4.78, 5) is 29.5. The summed E-state index contributed by atoms with van der Waals surface area (Å²) in [6, 6.07) is 26.1. The highest BCUT2D eigenvalue weighted by Crippen LogP contribution is 2.50. The molecule has 55 heavy (non-hydrogen) atoms. The first-order valence-corrected chi connectivity index (χ1v) is 19.9. The Morgan fingerprint density at radius 2 is 1.51 bits per heavy atom. The van der Waals surface area contributed by atoms with Gasteiger partial charge in [0.25, 0.3) is 8.53 Å². The third kappa shape index (κ3) is 9.81. The Morgan fingerprint density at radius 1 is 0.945 bits per heavy atom. The predicted octanol–water partition coefficient (Wildman–Crippen LogP) is 7.98. The minimum absolute atomic E-state index is 0.0829. The van der Waals surface area contributed by atoms with E-state index in [0.717, 1.165) is 34.6 Å². The third-order valence-corrected chi connectivity index (χ3v) is 11.6. The average Bonchev–Trinajstić information content (AvgIpc) is 3.57. The van der Waals surface area contributed by atoms with Crippen LogP contribution >= 0.6 is 8.53 Å². The van der Waals surface area contributed by atoms with Gasteiger partial charge in [-0.15, -0.1) is 0 Å². The highest BCUT2D eigenvalue weighted by Gasteiger charge is 2.45. The lowest BCUT2D eigenvalue weighted by Gasteiger charge is -2.39. The van der Waals surface area contributed by atoms with E-state index < -0.39 is 38.3 Å². The fraction of sp³-hybridized carbons (Fsp3) is 0.452. The van der Waals surface area contributed by atoms with Gasteiger partial charge in [-0.2, -0.15) is 4.98 Å². The van der Waals surface area contributed by atoms with Crippen LogP contribution in [0.15, 0.2) is 89.9 Å². The largest absolute Gasteiger partial charge is 0.497 e. The summed E-state index contributed by atoms with van der Waals surface area (Å²) >= 11 is 0. The number of anilines is 1. The molecule has 1 amide bonds. The molecular formula is C42H55N4O8P. The van der Waals surface area contributed by atoms with Gasteiger partial charge in [0.2, 0.25) is 5.91 Å². The molecule has 1 aromatic heterocycles. The average molecular weight is 775 g/mol. The van der Waals surface area contributed by atoms with Gasteiger partial charge in [-0.3, -0.25) is 9.36 Å². The second kappa shape index (κ2) is 19.1. The summed E-state index contributed by atoms with van der Waals surface area (Å²) in [6.07, 6.45) is 0.924. The molecule has 1 aliphatic heterocycles. The van der Waals surface area contributed by atoms with Crippen LogP contribution in [0.3, 0.4) is 0 Å². The zero-order valence-corrected chi connectivity index (χ0v) is 34.2. The Hall–Kier alpha value is -4.16. The Bertz CT molecular complexity index is 1830. The van der Waals surface area contributed by atoms with Crippen LogP contribution in [-0.2, 0) is 28.9 Å². The molecule has 0 spiro atoms. The summed E-state index contributed by atoms with van der Waals surface area (Å²) in [5.41, 5.74) is 1.62. The smallest absolute Gasteiger partial charge is 0.351 e. The van der Waals surface area contributed by atoms with Crippen LogP contribution in [0, 0.1) is 6.92 Å². The van der Waals surface area contributed by atoms with Crippen LogP contribution < -0.4 is 20.5 Å².